The Bertz CT molecular complexity index is 1510. The highest BCUT2D eigenvalue weighted by Gasteiger charge is 2.21. The number of aromatic amines is 1. The molecule has 0 spiro atoms. The molecule has 0 fully saturated rings. The smallest absolute Gasteiger partial charge is 0.219 e. The number of H-pyrrole nitrogens is 1. The lowest BCUT2D eigenvalue weighted by Crippen LogP contribution is -2.47. The van der Waals surface area contributed by atoms with Gasteiger partial charge < -0.3 is 15.4 Å². The number of fused-ring (bicyclic) bond motifs is 2. The van der Waals surface area contributed by atoms with Crippen molar-refractivity contribution < 1.29 is 9.53 Å². The fourth-order valence-corrected chi connectivity index (χ4v) is 3.90. The third kappa shape index (κ3) is 4.52. The minimum atomic E-state index is -0.854. The number of para-hydroxylation sites is 1. The molecule has 0 radical (unpaired) electrons. The summed E-state index contributed by atoms with van der Waals surface area (Å²) in [7, 11) is 0. The van der Waals surface area contributed by atoms with Crippen molar-refractivity contribution in [2.75, 3.05) is 5.32 Å². The first kappa shape index (κ1) is 21.4. The number of nitrogens with zero attached hydrogens (tertiary/aromatic N) is 3. The molecule has 34 heavy (non-hydrogen) atoms. The van der Waals surface area contributed by atoms with Crippen LogP contribution in [0.25, 0.3) is 33.2 Å². The van der Waals surface area contributed by atoms with Crippen LogP contribution in [-0.4, -0.2) is 31.8 Å². The van der Waals surface area contributed by atoms with Crippen molar-refractivity contribution in [3.8, 4) is 17.1 Å². The van der Waals surface area contributed by atoms with Crippen molar-refractivity contribution in [2.24, 2.45) is 0 Å². The van der Waals surface area contributed by atoms with Gasteiger partial charge in [-0.2, -0.15) is 5.10 Å². The molecule has 5 aromatic rings. The highest BCUT2D eigenvalue weighted by atomic mass is 16.5. The van der Waals surface area contributed by atoms with E-state index in [0.717, 1.165) is 33.1 Å². The minimum Gasteiger partial charge on any atom is -0.469 e. The number of hydrogen-bond donors (Lipinski definition) is 3. The number of carbonyl (C=O) groups excluding carboxylic acids is 1. The zero-order valence-electron chi connectivity index (χ0n) is 19.1. The van der Waals surface area contributed by atoms with Gasteiger partial charge >= 0.3 is 0 Å². The Balaban J connectivity index is 1.52. The van der Waals surface area contributed by atoms with Gasteiger partial charge in [0.2, 0.25) is 5.91 Å². The van der Waals surface area contributed by atoms with Crippen LogP contribution in [0.3, 0.4) is 0 Å². The normalized spacial score (nSPS) is 11.5. The van der Waals surface area contributed by atoms with Gasteiger partial charge in [0.25, 0.3) is 0 Å². The van der Waals surface area contributed by atoms with Crippen LogP contribution < -0.4 is 15.4 Å². The molecule has 0 aliphatic rings. The third-order valence-corrected chi connectivity index (χ3v) is 5.25. The average molecular weight is 453 g/mol. The van der Waals surface area contributed by atoms with Gasteiger partial charge in [-0.15, -0.1) is 0 Å². The first-order valence-corrected chi connectivity index (χ1v) is 10.9. The van der Waals surface area contributed by atoms with Crippen molar-refractivity contribution in [1.82, 2.24) is 25.5 Å². The van der Waals surface area contributed by atoms with Gasteiger partial charge in [-0.3, -0.25) is 9.89 Å². The van der Waals surface area contributed by atoms with Crippen LogP contribution in [-0.2, 0) is 4.79 Å². The maximum atomic E-state index is 11.5. The van der Waals surface area contributed by atoms with Gasteiger partial charge in [0, 0.05) is 28.9 Å². The van der Waals surface area contributed by atoms with Crippen molar-refractivity contribution in [3.05, 3.63) is 72.9 Å². The van der Waals surface area contributed by atoms with Crippen LogP contribution in [0.1, 0.15) is 20.8 Å². The quantitative estimate of drug-likeness (QED) is 0.307. The Kier molecular flexibility index (Phi) is 5.33. The van der Waals surface area contributed by atoms with E-state index in [2.05, 4.69) is 20.8 Å². The summed E-state index contributed by atoms with van der Waals surface area (Å²) in [5.41, 5.74) is 2.64. The highest BCUT2D eigenvalue weighted by Crippen LogP contribution is 2.30. The molecule has 0 bridgehead atoms. The van der Waals surface area contributed by atoms with E-state index in [1.807, 2.05) is 66.7 Å². The van der Waals surface area contributed by atoms with E-state index in [4.69, 9.17) is 14.7 Å². The molecule has 8 heteroatoms. The fraction of sp³-hybridized carbons (Fsp3) is 0.154. The number of carbonyl (C=O) groups is 1. The molecule has 0 saturated heterocycles. The number of anilines is 2. The molecule has 3 aromatic carbocycles. The van der Waals surface area contributed by atoms with Crippen LogP contribution >= 0.6 is 0 Å². The molecule has 170 valence electrons. The molecular weight excluding hydrogens is 428 g/mol. The largest absolute Gasteiger partial charge is 0.469 e. The lowest BCUT2D eigenvalue weighted by atomic mass is 10.1. The number of aromatic nitrogens is 4. The van der Waals surface area contributed by atoms with Gasteiger partial charge in [-0.1, -0.05) is 24.3 Å². The first-order chi connectivity index (χ1) is 16.4. The van der Waals surface area contributed by atoms with E-state index in [0.29, 0.717) is 17.4 Å². The summed E-state index contributed by atoms with van der Waals surface area (Å²) in [5.74, 6) is 1.71. The van der Waals surface area contributed by atoms with Crippen LogP contribution in [0.4, 0.5) is 11.5 Å². The maximum Gasteiger partial charge on any atom is 0.219 e. The Morgan fingerprint density at radius 1 is 1.00 bits per heavy atom. The van der Waals surface area contributed by atoms with E-state index in [9.17, 15) is 4.79 Å². The van der Waals surface area contributed by atoms with Crippen molar-refractivity contribution in [1.29, 1.82) is 0 Å². The van der Waals surface area contributed by atoms with Gasteiger partial charge in [-0.05, 0) is 56.3 Å². The highest BCUT2D eigenvalue weighted by molar-refractivity contribution is 5.93. The summed E-state index contributed by atoms with van der Waals surface area (Å²) < 4.78 is 6.01. The molecule has 2 aromatic heterocycles. The van der Waals surface area contributed by atoms with Crippen molar-refractivity contribution in [3.63, 3.8) is 0 Å². The predicted molar refractivity (Wildman–Crippen MR) is 133 cm³/mol. The Hall–Kier alpha value is -4.46. The van der Waals surface area contributed by atoms with Crippen molar-refractivity contribution >= 4 is 39.2 Å². The van der Waals surface area contributed by atoms with Gasteiger partial charge in [-0.25, -0.2) is 9.97 Å². The molecule has 0 atom stereocenters. The second-order valence-corrected chi connectivity index (χ2v) is 8.53. The summed E-state index contributed by atoms with van der Waals surface area (Å²) in [5, 5.41) is 15.2. The first-order valence-electron chi connectivity index (χ1n) is 10.9. The number of amides is 1. The summed E-state index contributed by atoms with van der Waals surface area (Å²) in [4.78, 5) is 21.1. The van der Waals surface area contributed by atoms with Crippen LogP contribution in [0.15, 0.2) is 72.9 Å². The SMILES string of the molecule is CC(=O)NC(C)(C)Oc1cccc(-c2nc(Nc3ccc4[nH]ncc4c3)c3ccccc3n2)c1. The predicted octanol–water partition coefficient (Wildman–Crippen LogP) is 5.17. The van der Waals surface area contributed by atoms with Crippen LogP contribution in [0, 0.1) is 0 Å². The zero-order valence-corrected chi connectivity index (χ0v) is 19.1. The Morgan fingerprint density at radius 2 is 1.85 bits per heavy atom. The Morgan fingerprint density at radius 3 is 2.71 bits per heavy atom. The van der Waals surface area contributed by atoms with Crippen molar-refractivity contribution in [2.45, 2.75) is 26.5 Å². The zero-order chi connectivity index (χ0) is 23.7. The minimum absolute atomic E-state index is 0.164. The van der Waals surface area contributed by atoms with E-state index >= 15 is 0 Å². The molecule has 2 heterocycles. The van der Waals surface area contributed by atoms with E-state index in [1.165, 1.54) is 6.92 Å². The second-order valence-electron chi connectivity index (χ2n) is 8.53. The number of hydrogen-bond acceptors (Lipinski definition) is 6. The molecule has 5 rings (SSSR count). The number of ether oxygens (including phenoxy) is 1. The summed E-state index contributed by atoms with van der Waals surface area (Å²) in [6.07, 6.45) is 1.79. The summed E-state index contributed by atoms with van der Waals surface area (Å²) in [6, 6.07) is 21.4. The summed E-state index contributed by atoms with van der Waals surface area (Å²) >= 11 is 0. The van der Waals surface area contributed by atoms with E-state index in [-0.39, 0.29) is 5.91 Å². The van der Waals surface area contributed by atoms with Crippen LogP contribution in [0.5, 0.6) is 5.75 Å². The second kappa shape index (κ2) is 8.47. The van der Waals surface area contributed by atoms with E-state index in [1.54, 1.807) is 20.0 Å². The average Bonchev–Trinajstić information content (AvgIpc) is 3.26. The molecule has 0 saturated carbocycles. The fourth-order valence-electron chi connectivity index (χ4n) is 3.90. The summed E-state index contributed by atoms with van der Waals surface area (Å²) in [6.45, 7) is 5.06. The van der Waals surface area contributed by atoms with Gasteiger partial charge in [0.15, 0.2) is 11.5 Å². The lowest BCUT2D eigenvalue weighted by molar-refractivity contribution is -0.123. The molecule has 8 nitrogen and oxygen atoms in total. The molecule has 0 unspecified atom stereocenters. The molecule has 3 N–H and O–H groups in total. The molecule has 0 aliphatic heterocycles. The van der Waals surface area contributed by atoms with Crippen LogP contribution in [0.2, 0.25) is 0 Å². The number of benzene rings is 3. The Labute approximate surface area is 196 Å². The number of nitrogens with one attached hydrogen (secondary N) is 3. The van der Waals surface area contributed by atoms with Gasteiger partial charge in [0.1, 0.15) is 11.6 Å². The van der Waals surface area contributed by atoms with Gasteiger partial charge in [0.05, 0.1) is 17.2 Å². The molecule has 1 amide bonds. The topological polar surface area (TPSA) is 105 Å². The third-order valence-electron chi connectivity index (χ3n) is 5.25. The van der Waals surface area contributed by atoms with E-state index < -0.39 is 5.72 Å². The lowest BCUT2D eigenvalue weighted by Gasteiger charge is -2.27. The number of rotatable bonds is 6. The monoisotopic (exact) mass is 452 g/mol. The standard InChI is InChI=1S/C26H24N6O2/c1-16(33)31-26(2,3)34-20-8-6-7-17(14-20)24-29-23-10-5-4-9-21(23)25(30-24)28-19-11-12-22-18(13-19)15-27-32-22/h4-15H,1-3H3,(H,27,32)(H,31,33)(H,28,29,30). The molecular formula is C26H24N6O2. The maximum absolute atomic E-state index is 11.5. The molecule has 0 aliphatic carbocycles.